The summed E-state index contributed by atoms with van der Waals surface area (Å²) in [6, 6.07) is 10.5. The SMILES string of the molecule is O=C(NCCN1CCc2ccccc2C1)c1sccc1Br. The fourth-order valence-electron chi connectivity index (χ4n) is 2.61. The highest BCUT2D eigenvalue weighted by Gasteiger charge is 2.16. The molecule has 0 saturated carbocycles. The first kappa shape index (κ1) is 14.8. The lowest BCUT2D eigenvalue weighted by Crippen LogP contribution is -2.37. The molecule has 0 aliphatic carbocycles. The van der Waals surface area contributed by atoms with Crippen LogP contribution < -0.4 is 5.32 Å². The molecule has 2 aromatic rings. The lowest BCUT2D eigenvalue weighted by molar-refractivity contribution is 0.0950. The lowest BCUT2D eigenvalue weighted by Gasteiger charge is -2.28. The molecule has 0 fully saturated rings. The second-order valence-corrected chi connectivity index (χ2v) is 6.92. The van der Waals surface area contributed by atoms with E-state index >= 15 is 0 Å². The Labute approximate surface area is 137 Å². The van der Waals surface area contributed by atoms with Crippen molar-refractivity contribution in [3.05, 3.63) is 56.2 Å². The number of rotatable bonds is 4. The smallest absolute Gasteiger partial charge is 0.262 e. The minimum absolute atomic E-state index is 0.00860. The van der Waals surface area contributed by atoms with Crippen molar-refractivity contribution in [2.45, 2.75) is 13.0 Å². The molecule has 3 nitrogen and oxygen atoms in total. The van der Waals surface area contributed by atoms with Crippen LogP contribution in [-0.2, 0) is 13.0 Å². The molecule has 0 unspecified atom stereocenters. The minimum Gasteiger partial charge on any atom is -0.350 e. The fraction of sp³-hybridized carbons (Fsp3) is 0.312. The molecule has 1 aliphatic heterocycles. The van der Waals surface area contributed by atoms with E-state index < -0.39 is 0 Å². The summed E-state index contributed by atoms with van der Waals surface area (Å²) < 4.78 is 0.872. The number of nitrogens with zero attached hydrogens (tertiary/aromatic N) is 1. The third-order valence-corrected chi connectivity index (χ3v) is 5.58. The van der Waals surface area contributed by atoms with Crippen molar-refractivity contribution >= 4 is 33.2 Å². The number of halogens is 1. The molecular formula is C16H17BrN2OS. The van der Waals surface area contributed by atoms with E-state index in [2.05, 4.69) is 50.4 Å². The molecule has 1 aliphatic rings. The molecule has 0 bridgehead atoms. The van der Waals surface area contributed by atoms with Gasteiger partial charge in [-0.2, -0.15) is 0 Å². The maximum Gasteiger partial charge on any atom is 0.262 e. The van der Waals surface area contributed by atoms with Crippen LogP contribution >= 0.6 is 27.3 Å². The van der Waals surface area contributed by atoms with E-state index in [1.807, 2.05) is 11.4 Å². The Bertz CT molecular complexity index is 641. The van der Waals surface area contributed by atoms with Gasteiger partial charge in [-0.15, -0.1) is 11.3 Å². The molecule has 21 heavy (non-hydrogen) atoms. The molecule has 0 saturated heterocycles. The Morgan fingerprint density at radius 1 is 1.29 bits per heavy atom. The number of carbonyl (C=O) groups is 1. The fourth-order valence-corrected chi connectivity index (χ4v) is 4.08. The van der Waals surface area contributed by atoms with E-state index in [1.165, 1.54) is 22.5 Å². The zero-order chi connectivity index (χ0) is 14.7. The van der Waals surface area contributed by atoms with Crippen LogP contribution in [0.4, 0.5) is 0 Å². The molecule has 5 heteroatoms. The van der Waals surface area contributed by atoms with Gasteiger partial charge >= 0.3 is 0 Å². The summed E-state index contributed by atoms with van der Waals surface area (Å²) in [4.78, 5) is 15.2. The van der Waals surface area contributed by atoms with Gasteiger partial charge in [0.2, 0.25) is 0 Å². The predicted octanol–water partition coefficient (Wildman–Crippen LogP) is 3.30. The van der Waals surface area contributed by atoms with Gasteiger partial charge in [0.1, 0.15) is 4.88 Å². The molecule has 0 spiro atoms. The van der Waals surface area contributed by atoms with Crippen molar-refractivity contribution < 1.29 is 4.79 Å². The van der Waals surface area contributed by atoms with Crippen molar-refractivity contribution in [3.8, 4) is 0 Å². The van der Waals surface area contributed by atoms with E-state index in [4.69, 9.17) is 0 Å². The first-order valence-electron chi connectivity index (χ1n) is 7.04. The molecular weight excluding hydrogens is 348 g/mol. The molecule has 3 rings (SSSR count). The van der Waals surface area contributed by atoms with Gasteiger partial charge in [0.05, 0.1) is 0 Å². The van der Waals surface area contributed by atoms with Crippen LogP contribution in [0.1, 0.15) is 20.8 Å². The highest BCUT2D eigenvalue weighted by atomic mass is 79.9. The van der Waals surface area contributed by atoms with Crippen LogP contribution in [0.25, 0.3) is 0 Å². The summed E-state index contributed by atoms with van der Waals surface area (Å²) in [5.41, 5.74) is 2.87. The molecule has 2 heterocycles. The van der Waals surface area contributed by atoms with E-state index in [0.717, 1.165) is 35.4 Å². The number of amides is 1. The van der Waals surface area contributed by atoms with Crippen LogP contribution in [0.5, 0.6) is 0 Å². The van der Waals surface area contributed by atoms with Crippen LogP contribution in [0.2, 0.25) is 0 Å². The van der Waals surface area contributed by atoms with Crippen molar-refractivity contribution in [2.24, 2.45) is 0 Å². The second-order valence-electron chi connectivity index (χ2n) is 5.15. The van der Waals surface area contributed by atoms with Crippen LogP contribution in [-0.4, -0.2) is 30.4 Å². The van der Waals surface area contributed by atoms with Crippen molar-refractivity contribution in [1.82, 2.24) is 10.2 Å². The maximum atomic E-state index is 12.0. The highest BCUT2D eigenvalue weighted by Crippen LogP contribution is 2.22. The van der Waals surface area contributed by atoms with Gasteiger partial charge in [0, 0.05) is 30.7 Å². The van der Waals surface area contributed by atoms with E-state index in [1.54, 1.807) is 0 Å². The number of thiophene rings is 1. The Balaban J connectivity index is 1.49. The topological polar surface area (TPSA) is 32.3 Å². The molecule has 0 radical (unpaired) electrons. The van der Waals surface area contributed by atoms with Gasteiger partial charge in [0.15, 0.2) is 0 Å². The van der Waals surface area contributed by atoms with Gasteiger partial charge in [-0.3, -0.25) is 9.69 Å². The maximum absolute atomic E-state index is 12.0. The van der Waals surface area contributed by atoms with Crippen molar-refractivity contribution in [2.75, 3.05) is 19.6 Å². The zero-order valence-corrected chi connectivity index (χ0v) is 14.0. The molecule has 110 valence electrons. The Morgan fingerprint density at radius 3 is 2.86 bits per heavy atom. The molecule has 1 aromatic carbocycles. The quantitative estimate of drug-likeness (QED) is 0.902. The number of nitrogens with one attached hydrogen (secondary N) is 1. The largest absolute Gasteiger partial charge is 0.350 e. The molecule has 1 aromatic heterocycles. The Hall–Kier alpha value is -1.17. The first-order valence-corrected chi connectivity index (χ1v) is 8.71. The number of fused-ring (bicyclic) bond motifs is 1. The number of carbonyl (C=O) groups excluding carboxylic acids is 1. The summed E-state index contributed by atoms with van der Waals surface area (Å²) in [6.45, 7) is 3.62. The molecule has 1 N–H and O–H groups in total. The first-order chi connectivity index (χ1) is 10.2. The van der Waals surface area contributed by atoms with E-state index in [-0.39, 0.29) is 5.91 Å². The van der Waals surface area contributed by atoms with Crippen molar-refractivity contribution in [3.63, 3.8) is 0 Å². The highest BCUT2D eigenvalue weighted by molar-refractivity contribution is 9.10. The van der Waals surface area contributed by atoms with Crippen molar-refractivity contribution in [1.29, 1.82) is 0 Å². The van der Waals surface area contributed by atoms with Crippen LogP contribution in [0, 0.1) is 0 Å². The van der Waals surface area contributed by atoms with Gasteiger partial charge in [-0.05, 0) is 44.9 Å². The van der Waals surface area contributed by atoms with Crippen LogP contribution in [0.3, 0.4) is 0 Å². The Morgan fingerprint density at radius 2 is 2.10 bits per heavy atom. The summed E-state index contributed by atoms with van der Waals surface area (Å²) >= 11 is 4.85. The lowest BCUT2D eigenvalue weighted by atomic mass is 10.00. The third-order valence-electron chi connectivity index (χ3n) is 3.75. The third kappa shape index (κ3) is 3.54. The monoisotopic (exact) mass is 364 g/mol. The average molecular weight is 365 g/mol. The molecule has 0 atom stereocenters. The standard InChI is InChI=1S/C16H17BrN2OS/c17-14-6-10-21-15(14)16(20)18-7-9-19-8-5-12-3-1-2-4-13(12)11-19/h1-4,6,10H,5,7-9,11H2,(H,18,20). The van der Waals surface area contributed by atoms with Gasteiger partial charge < -0.3 is 5.32 Å². The molecule has 1 amide bonds. The second kappa shape index (κ2) is 6.73. The zero-order valence-electron chi connectivity index (χ0n) is 11.6. The summed E-state index contributed by atoms with van der Waals surface area (Å²) in [5, 5.41) is 4.91. The average Bonchev–Trinajstić information content (AvgIpc) is 2.93. The van der Waals surface area contributed by atoms with E-state index in [9.17, 15) is 4.79 Å². The number of benzene rings is 1. The van der Waals surface area contributed by atoms with Gasteiger partial charge in [-0.1, -0.05) is 24.3 Å². The number of hydrogen-bond acceptors (Lipinski definition) is 3. The minimum atomic E-state index is 0.00860. The summed E-state index contributed by atoms with van der Waals surface area (Å²) in [7, 11) is 0. The number of hydrogen-bond donors (Lipinski definition) is 1. The predicted molar refractivity (Wildman–Crippen MR) is 89.8 cm³/mol. The normalized spacial score (nSPS) is 14.7. The van der Waals surface area contributed by atoms with Gasteiger partial charge in [0.25, 0.3) is 5.91 Å². The van der Waals surface area contributed by atoms with Gasteiger partial charge in [-0.25, -0.2) is 0 Å². The van der Waals surface area contributed by atoms with E-state index in [0.29, 0.717) is 6.54 Å². The summed E-state index contributed by atoms with van der Waals surface area (Å²) in [5.74, 6) is 0.00860. The summed E-state index contributed by atoms with van der Waals surface area (Å²) in [6.07, 6.45) is 1.10. The van der Waals surface area contributed by atoms with Crippen LogP contribution in [0.15, 0.2) is 40.2 Å². The Kier molecular flexibility index (Phi) is 4.73.